The maximum absolute atomic E-state index is 12.8. The quantitative estimate of drug-likeness (QED) is 0.828. The molecule has 2 rings (SSSR count). The molecule has 0 N–H and O–H groups in total. The molecule has 0 aliphatic rings. The molecule has 0 saturated heterocycles. The van der Waals surface area contributed by atoms with Gasteiger partial charge in [-0.05, 0) is 46.2 Å². The van der Waals surface area contributed by atoms with E-state index in [4.69, 9.17) is 4.42 Å². The minimum Gasteiger partial charge on any atom is -0.459 e. The molecule has 0 bridgehead atoms. The molecular formula is C18H23NO2. The summed E-state index contributed by atoms with van der Waals surface area (Å²) >= 11 is 0. The maximum Gasteiger partial charge on any atom is 0.290 e. The summed E-state index contributed by atoms with van der Waals surface area (Å²) in [6.07, 6.45) is 1.58. The van der Waals surface area contributed by atoms with Gasteiger partial charge in [0.15, 0.2) is 5.76 Å². The van der Waals surface area contributed by atoms with E-state index in [1.807, 2.05) is 69.9 Å². The molecule has 0 spiro atoms. The van der Waals surface area contributed by atoms with Crippen LogP contribution in [0.3, 0.4) is 0 Å². The largest absolute Gasteiger partial charge is 0.459 e. The molecule has 1 heterocycles. The van der Waals surface area contributed by atoms with Crippen molar-refractivity contribution in [3.63, 3.8) is 0 Å². The predicted molar refractivity (Wildman–Crippen MR) is 85.3 cm³/mol. The third-order valence-corrected chi connectivity index (χ3v) is 3.57. The van der Waals surface area contributed by atoms with E-state index >= 15 is 0 Å². The zero-order valence-corrected chi connectivity index (χ0v) is 13.4. The van der Waals surface area contributed by atoms with Crippen molar-refractivity contribution in [2.45, 2.75) is 46.7 Å². The molecule has 3 nitrogen and oxygen atoms in total. The molecule has 0 unspecified atom stereocenters. The SMILES string of the molecule is Cc1ccc(-c2ccoc2C(=O)N(C(C)C)C(C)C)cc1. The van der Waals surface area contributed by atoms with Crippen LogP contribution in [-0.2, 0) is 0 Å². The highest BCUT2D eigenvalue weighted by atomic mass is 16.3. The molecule has 1 aromatic carbocycles. The average Bonchev–Trinajstić information content (AvgIpc) is 2.87. The molecule has 0 radical (unpaired) electrons. The van der Waals surface area contributed by atoms with Crippen LogP contribution in [0.5, 0.6) is 0 Å². The van der Waals surface area contributed by atoms with Crippen LogP contribution in [0, 0.1) is 6.92 Å². The molecule has 2 aromatic rings. The van der Waals surface area contributed by atoms with Gasteiger partial charge in [0.25, 0.3) is 5.91 Å². The van der Waals surface area contributed by atoms with Gasteiger partial charge in [0.2, 0.25) is 0 Å². The Hall–Kier alpha value is -2.03. The summed E-state index contributed by atoms with van der Waals surface area (Å²) in [6.45, 7) is 10.1. The van der Waals surface area contributed by atoms with E-state index in [9.17, 15) is 4.79 Å². The molecule has 0 saturated carbocycles. The molecular weight excluding hydrogens is 262 g/mol. The maximum atomic E-state index is 12.8. The Kier molecular flexibility index (Phi) is 4.51. The molecule has 1 amide bonds. The van der Waals surface area contributed by atoms with Crippen molar-refractivity contribution in [2.75, 3.05) is 0 Å². The first-order valence-electron chi connectivity index (χ1n) is 7.39. The molecule has 0 fully saturated rings. The Balaban J connectivity index is 2.40. The number of nitrogens with zero attached hydrogens (tertiary/aromatic N) is 1. The van der Waals surface area contributed by atoms with Crippen molar-refractivity contribution in [2.24, 2.45) is 0 Å². The molecule has 0 aliphatic heterocycles. The van der Waals surface area contributed by atoms with Gasteiger partial charge in [0.1, 0.15) is 0 Å². The van der Waals surface area contributed by atoms with Gasteiger partial charge < -0.3 is 9.32 Å². The molecule has 0 aliphatic carbocycles. The number of carbonyl (C=O) groups is 1. The molecule has 1 aromatic heterocycles. The number of aryl methyl sites for hydroxylation is 1. The number of hydrogen-bond donors (Lipinski definition) is 0. The van der Waals surface area contributed by atoms with Crippen molar-refractivity contribution in [1.29, 1.82) is 0 Å². The lowest BCUT2D eigenvalue weighted by molar-refractivity contribution is 0.0611. The first-order chi connectivity index (χ1) is 9.91. The fraction of sp³-hybridized carbons (Fsp3) is 0.389. The highest BCUT2D eigenvalue weighted by Gasteiger charge is 2.26. The van der Waals surface area contributed by atoms with Gasteiger partial charge in [-0.2, -0.15) is 0 Å². The van der Waals surface area contributed by atoms with E-state index in [2.05, 4.69) is 0 Å². The lowest BCUT2D eigenvalue weighted by Gasteiger charge is -2.30. The van der Waals surface area contributed by atoms with Crippen molar-refractivity contribution >= 4 is 5.91 Å². The third-order valence-electron chi connectivity index (χ3n) is 3.57. The van der Waals surface area contributed by atoms with Crippen LogP contribution in [-0.4, -0.2) is 22.9 Å². The number of benzene rings is 1. The zero-order valence-electron chi connectivity index (χ0n) is 13.4. The summed E-state index contributed by atoms with van der Waals surface area (Å²) in [5.41, 5.74) is 3.05. The predicted octanol–water partition coefficient (Wildman–Crippen LogP) is 4.51. The number of furan rings is 1. The summed E-state index contributed by atoms with van der Waals surface area (Å²) in [5.74, 6) is 0.363. The van der Waals surface area contributed by atoms with Crippen LogP contribution < -0.4 is 0 Å². The average molecular weight is 285 g/mol. The Morgan fingerprint density at radius 3 is 2.10 bits per heavy atom. The van der Waals surface area contributed by atoms with Crippen molar-refractivity contribution in [1.82, 2.24) is 4.90 Å². The topological polar surface area (TPSA) is 33.5 Å². The Morgan fingerprint density at radius 2 is 1.57 bits per heavy atom. The second-order valence-corrected chi connectivity index (χ2v) is 5.93. The molecule has 0 atom stereocenters. The lowest BCUT2D eigenvalue weighted by Crippen LogP contribution is -2.42. The third kappa shape index (κ3) is 3.18. The van der Waals surface area contributed by atoms with Gasteiger partial charge >= 0.3 is 0 Å². The summed E-state index contributed by atoms with van der Waals surface area (Å²) in [5, 5.41) is 0. The first kappa shape index (κ1) is 15.4. The summed E-state index contributed by atoms with van der Waals surface area (Å²) < 4.78 is 5.50. The number of amides is 1. The van der Waals surface area contributed by atoms with Crippen LogP contribution in [0.25, 0.3) is 11.1 Å². The summed E-state index contributed by atoms with van der Waals surface area (Å²) in [6, 6.07) is 10.2. The van der Waals surface area contributed by atoms with Crippen LogP contribution in [0.1, 0.15) is 43.8 Å². The van der Waals surface area contributed by atoms with E-state index in [0.29, 0.717) is 5.76 Å². The smallest absolute Gasteiger partial charge is 0.290 e. The van der Waals surface area contributed by atoms with E-state index in [0.717, 1.165) is 11.1 Å². The lowest BCUT2D eigenvalue weighted by atomic mass is 10.0. The Labute approximate surface area is 126 Å². The second-order valence-electron chi connectivity index (χ2n) is 5.93. The summed E-state index contributed by atoms with van der Waals surface area (Å²) in [7, 11) is 0. The molecule has 21 heavy (non-hydrogen) atoms. The van der Waals surface area contributed by atoms with Crippen molar-refractivity contribution < 1.29 is 9.21 Å². The van der Waals surface area contributed by atoms with Crippen LogP contribution >= 0.6 is 0 Å². The fourth-order valence-electron chi connectivity index (χ4n) is 2.62. The van der Waals surface area contributed by atoms with Gasteiger partial charge in [-0.1, -0.05) is 29.8 Å². The standard InChI is InChI=1S/C18H23NO2/c1-12(2)19(13(3)4)18(20)17-16(10-11-21-17)15-8-6-14(5)7-9-15/h6-13H,1-5H3. The van der Waals surface area contributed by atoms with E-state index < -0.39 is 0 Å². The zero-order chi connectivity index (χ0) is 15.6. The van der Waals surface area contributed by atoms with Crippen molar-refractivity contribution in [3.8, 4) is 11.1 Å². The minimum atomic E-state index is -0.0550. The van der Waals surface area contributed by atoms with Crippen molar-refractivity contribution in [3.05, 3.63) is 47.9 Å². The number of carbonyl (C=O) groups excluding carboxylic acids is 1. The van der Waals surface area contributed by atoms with Crippen LogP contribution in [0.2, 0.25) is 0 Å². The van der Waals surface area contributed by atoms with Gasteiger partial charge in [-0.25, -0.2) is 0 Å². The van der Waals surface area contributed by atoms with Gasteiger partial charge in [0.05, 0.1) is 6.26 Å². The fourth-order valence-corrected chi connectivity index (χ4v) is 2.62. The highest BCUT2D eigenvalue weighted by molar-refractivity contribution is 5.98. The molecule has 112 valence electrons. The summed E-state index contributed by atoms with van der Waals surface area (Å²) in [4.78, 5) is 14.6. The second kappa shape index (κ2) is 6.17. The first-order valence-corrected chi connectivity index (χ1v) is 7.39. The Bertz CT molecular complexity index is 600. The highest BCUT2D eigenvalue weighted by Crippen LogP contribution is 2.27. The minimum absolute atomic E-state index is 0.0550. The van der Waals surface area contributed by atoms with Gasteiger partial charge in [-0.15, -0.1) is 0 Å². The van der Waals surface area contributed by atoms with Gasteiger partial charge in [0, 0.05) is 17.6 Å². The van der Waals surface area contributed by atoms with Crippen LogP contribution in [0.15, 0.2) is 41.0 Å². The van der Waals surface area contributed by atoms with E-state index in [1.165, 1.54) is 5.56 Å². The number of rotatable bonds is 4. The number of hydrogen-bond acceptors (Lipinski definition) is 2. The van der Waals surface area contributed by atoms with Gasteiger partial charge in [-0.3, -0.25) is 4.79 Å². The molecule has 3 heteroatoms. The monoisotopic (exact) mass is 285 g/mol. The Morgan fingerprint density at radius 1 is 1.00 bits per heavy atom. The van der Waals surface area contributed by atoms with E-state index in [-0.39, 0.29) is 18.0 Å². The normalized spacial score (nSPS) is 11.2. The van der Waals surface area contributed by atoms with E-state index in [1.54, 1.807) is 6.26 Å². The van der Waals surface area contributed by atoms with Crippen LogP contribution in [0.4, 0.5) is 0 Å².